The molecule has 19 heteroatoms. The molecule has 0 radical (unpaired) electrons. The number of aliphatic carboxylic acids is 5. The second-order valence-corrected chi connectivity index (χ2v) is 14.7. The zero-order valence-electron chi connectivity index (χ0n) is 34.1. The van der Waals surface area contributed by atoms with E-state index < -0.39 is 110 Å². The van der Waals surface area contributed by atoms with Gasteiger partial charge < -0.3 is 51.6 Å². The van der Waals surface area contributed by atoms with E-state index in [1.807, 2.05) is 0 Å². The summed E-state index contributed by atoms with van der Waals surface area (Å²) in [7, 11) is 0. The lowest BCUT2D eigenvalue weighted by Gasteiger charge is -2.18. The van der Waals surface area contributed by atoms with Gasteiger partial charge in [-0.05, 0) is 38.5 Å². The summed E-state index contributed by atoms with van der Waals surface area (Å²) in [6.45, 7) is 0. The Kier molecular flexibility index (Phi) is 30.9. The molecule has 0 fully saturated rings. The molecule has 0 aromatic rings. The van der Waals surface area contributed by atoms with Crippen molar-refractivity contribution in [2.75, 3.05) is 0 Å². The number of nitrogens with one attached hydrogen (secondary N) is 4. The molecule has 59 heavy (non-hydrogen) atoms. The summed E-state index contributed by atoms with van der Waals surface area (Å²) in [5, 5.41) is 55.2. The second-order valence-electron chi connectivity index (χ2n) is 14.7. The van der Waals surface area contributed by atoms with E-state index in [0.29, 0.717) is 12.7 Å². The van der Waals surface area contributed by atoms with Crippen LogP contribution in [0.15, 0.2) is 0 Å². The molecule has 0 heterocycles. The predicted octanol–water partition coefficient (Wildman–Crippen LogP) is 3.69. The number of amides is 4. The van der Waals surface area contributed by atoms with Crippen molar-refractivity contribution in [3.05, 3.63) is 0 Å². The molecule has 0 saturated carbocycles. The molecule has 0 bridgehead atoms. The number of rotatable bonds is 39. The normalized spacial score (nSPS) is 12.9. The summed E-state index contributed by atoms with van der Waals surface area (Å²) >= 11 is 0. The third-order valence-electron chi connectivity index (χ3n) is 9.63. The highest BCUT2D eigenvalue weighted by molar-refractivity contribution is 5.88. The smallest absolute Gasteiger partial charge is 0.326 e. The first-order valence-electron chi connectivity index (χ1n) is 20.8. The fraction of sp³-hybridized carbons (Fsp3) is 0.750. The summed E-state index contributed by atoms with van der Waals surface area (Å²) in [5.41, 5.74) is 0. The van der Waals surface area contributed by atoms with Crippen LogP contribution in [-0.4, -0.2) is 109 Å². The van der Waals surface area contributed by atoms with Gasteiger partial charge in [0.1, 0.15) is 30.5 Å². The van der Waals surface area contributed by atoms with Crippen molar-refractivity contribution in [1.29, 1.82) is 0 Å². The zero-order chi connectivity index (χ0) is 44.4. The highest BCUT2D eigenvalue weighted by Gasteiger charge is 2.27. The number of hydrogen-bond acceptors (Lipinski definition) is 10. The molecule has 0 aromatic carbocycles. The second kappa shape index (κ2) is 33.8. The van der Waals surface area contributed by atoms with Gasteiger partial charge in [0.2, 0.25) is 23.6 Å². The minimum absolute atomic E-state index is 0.116. The van der Waals surface area contributed by atoms with Crippen molar-refractivity contribution in [3.63, 3.8) is 0 Å². The van der Waals surface area contributed by atoms with Gasteiger partial charge in [-0.15, -0.1) is 0 Å². The summed E-state index contributed by atoms with van der Waals surface area (Å²) in [6.07, 6.45) is 14.8. The lowest BCUT2D eigenvalue weighted by molar-refractivity contribution is -0.144. The monoisotopic (exact) mass is 842 g/mol. The Morgan fingerprint density at radius 3 is 0.831 bits per heavy atom. The SMILES string of the molecule is O=CCC[C@H](NC(=O)CC[C@H](NC(=O)CC[C@H](NC(=O)CC[C@H](NC(=O)CCCCCCCCCCCCCCCCCCC(=O)O)C(=O)O)C(=O)O)C(=O)O)C(=O)O. The summed E-state index contributed by atoms with van der Waals surface area (Å²) < 4.78 is 0. The Morgan fingerprint density at radius 1 is 0.339 bits per heavy atom. The molecule has 9 N–H and O–H groups in total. The van der Waals surface area contributed by atoms with Gasteiger partial charge in [-0.25, -0.2) is 19.2 Å². The molecular weight excluding hydrogens is 776 g/mol. The molecule has 0 unspecified atom stereocenters. The number of carbonyl (C=O) groups is 10. The van der Waals surface area contributed by atoms with Gasteiger partial charge in [-0.2, -0.15) is 0 Å². The zero-order valence-corrected chi connectivity index (χ0v) is 34.1. The summed E-state index contributed by atoms with van der Waals surface area (Å²) in [4.78, 5) is 117. The summed E-state index contributed by atoms with van der Waals surface area (Å²) in [6, 6.07) is -5.93. The topological polar surface area (TPSA) is 320 Å². The van der Waals surface area contributed by atoms with Gasteiger partial charge in [0.15, 0.2) is 0 Å². The van der Waals surface area contributed by atoms with Gasteiger partial charge >= 0.3 is 29.8 Å². The number of aldehydes is 1. The van der Waals surface area contributed by atoms with Gasteiger partial charge in [0.05, 0.1) is 0 Å². The van der Waals surface area contributed by atoms with Crippen LogP contribution >= 0.6 is 0 Å². The Bertz CT molecular complexity index is 1340. The van der Waals surface area contributed by atoms with E-state index in [0.717, 1.165) is 57.8 Å². The number of carbonyl (C=O) groups excluding carboxylic acids is 5. The Balaban J connectivity index is 4.37. The van der Waals surface area contributed by atoms with Gasteiger partial charge in [0, 0.05) is 38.5 Å². The lowest BCUT2D eigenvalue weighted by Crippen LogP contribution is -2.45. The Labute approximate surface area is 345 Å². The third-order valence-corrected chi connectivity index (χ3v) is 9.63. The third kappa shape index (κ3) is 30.6. The molecule has 0 aliphatic heterocycles. The Hall–Kier alpha value is -5.10. The van der Waals surface area contributed by atoms with Crippen LogP contribution in [0.1, 0.15) is 167 Å². The molecule has 0 aromatic heterocycles. The highest BCUT2D eigenvalue weighted by atomic mass is 16.4. The first kappa shape index (κ1) is 53.9. The predicted molar refractivity (Wildman–Crippen MR) is 212 cm³/mol. The number of hydrogen-bond donors (Lipinski definition) is 9. The van der Waals surface area contributed by atoms with Crippen molar-refractivity contribution in [2.24, 2.45) is 0 Å². The number of carboxylic acids is 5. The lowest BCUT2D eigenvalue weighted by atomic mass is 10.0. The van der Waals surface area contributed by atoms with Crippen molar-refractivity contribution in [2.45, 2.75) is 191 Å². The van der Waals surface area contributed by atoms with E-state index in [1.54, 1.807) is 0 Å². The molecule has 0 saturated heterocycles. The molecular formula is C40H66N4O15. The van der Waals surface area contributed by atoms with Gasteiger partial charge in [-0.1, -0.05) is 89.9 Å². The highest BCUT2D eigenvalue weighted by Crippen LogP contribution is 2.15. The minimum Gasteiger partial charge on any atom is -0.481 e. The van der Waals surface area contributed by atoms with Crippen LogP contribution in [0.4, 0.5) is 0 Å². The van der Waals surface area contributed by atoms with Crippen LogP contribution in [0, 0.1) is 0 Å². The van der Waals surface area contributed by atoms with Crippen molar-refractivity contribution in [3.8, 4) is 0 Å². The molecule has 0 aliphatic rings. The van der Waals surface area contributed by atoms with Crippen molar-refractivity contribution in [1.82, 2.24) is 21.3 Å². The van der Waals surface area contributed by atoms with Crippen molar-refractivity contribution < 1.29 is 73.5 Å². The van der Waals surface area contributed by atoms with Gasteiger partial charge in [0.25, 0.3) is 0 Å². The maximum atomic E-state index is 12.5. The number of unbranched alkanes of at least 4 members (excludes halogenated alkanes) is 15. The first-order chi connectivity index (χ1) is 28.1. The van der Waals surface area contributed by atoms with Crippen molar-refractivity contribution >= 4 is 59.8 Å². The molecule has 0 rings (SSSR count). The quantitative estimate of drug-likeness (QED) is 0.0315. The minimum atomic E-state index is -1.59. The maximum Gasteiger partial charge on any atom is 0.326 e. The summed E-state index contributed by atoms with van der Waals surface area (Å²) in [5.74, 6) is -9.57. The first-order valence-corrected chi connectivity index (χ1v) is 20.8. The van der Waals surface area contributed by atoms with E-state index in [4.69, 9.17) is 10.2 Å². The van der Waals surface area contributed by atoms with E-state index in [9.17, 15) is 63.3 Å². The average Bonchev–Trinajstić information content (AvgIpc) is 3.16. The van der Waals surface area contributed by atoms with Crippen LogP contribution in [0.3, 0.4) is 0 Å². The van der Waals surface area contributed by atoms with Crippen LogP contribution in [0.5, 0.6) is 0 Å². The van der Waals surface area contributed by atoms with Crippen LogP contribution in [0.2, 0.25) is 0 Å². The number of carboxylic acid groups (broad SMARTS) is 5. The van der Waals surface area contributed by atoms with Gasteiger partial charge in [-0.3, -0.25) is 24.0 Å². The molecule has 4 atom stereocenters. The van der Waals surface area contributed by atoms with Crippen LogP contribution in [-0.2, 0) is 47.9 Å². The molecule has 336 valence electrons. The molecule has 0 spiro atoms. The van der Waals surface area contributed by atoms with E-state index in [1.165, 1.54) is 38.5 Å². The van der Waals surface area contributed by atoms with Crippen LogP contribution in [0.25, 0.3) is 0 Å². The largest absolute Gasteiger partial charge is 0.481 e. The van der Waals surface area contributed by atoms with E-state index in [2.05, 4.69) is 21.3 Å². The molecule has 4 amide bonds. The van der Waals surface area contributed by atoms with Crippen LogP contribution < -0.4 is 21.3 Å². The Morgan fingerprint density at radius 2 is 0.576 bits per heavy atom. The average molecular weight is 843 g/mol. The fourth-order valence-corrected chi connectivity index (χ4v) is 6.19. The maximum absolute atomic E-state index is 12.5. The molecule has 19 nitrogen and oxygen atoms in total. The van der Waals surface area contributed by atoms with E-state index in [-0.39, 0.29) is 32.1 Å². The molecule has 0 aliphatic carbocycles. The fourth-order valence-electron chi connectivity index (χ4n) is 6.19. The van der Waals surface area contributed by atoms with E-state index >= 15 is 0 Å². The standard InChI is InChI=1S/C40H66N4O15/c45-27-17-18-28(37(52)53)41-33(47)24-22-30(39(56)57)43-35(49)26-23-31(40(58)59)44-34(48)25-21-29(38(54)55)42-32(46)19-15-13-11-9-7-5-3-1-2-4-6-8-10-12-14-16-20-36(50)51/h27-31H,1-26H2,(H,41,47)(H,42,46)(H,43,49)(H,44,48)(H,50,51)(H,52,53)(H,54,55)(H,56,57)(H,58,59)/t28-,29-,30-,31-/m0/s1.